The molecule has 3 heterocycles. The fourth-order valence-electron chi connectivity index (χ4n) is 2.55. The van der Waals surface area contributed by atoms with Gasteiger partial charge in [0.05, 0.1) is 11.9 Å². The lowest BCUT2D eigenvalue weighted by Gasteiger charge is -2.33. The van der Waals surface area contributed by atoms with Crippen molar-refractivity contribution in [1.29, 1.82) is 0 Å². The highest BCUT2D eigenvalue weighted by Gasteiger charge is 2.19. The van der Waals surface area contributed by atoms with Gasteiger partial charge in [-0.15, -0.1) is 0 Å². The summed E-state index contributed by atoms with van der Waals surface area (Å²) in [5.74, 6) is 0.175. The second-order valence-electron chi connectivity index (χ2n) is 4.96. The summed E-state index contributed by atoms with van der Waals surface area (Å²) in [4.78, 5) is 20.0. The van der Waals surface area contributed by atoms with Gasteiger partial charge >= 0.3 is 0 Å². The Balaban J connectivity index is 1.68. The summed E-state index contributed by atoms with van der Waals surface area (Å²) < 4.78 is 2.12. The third kappa shape index (κ3) is 2.46. The number of carbonyl (C=O) groups excluding carboxylic acids is 1. The van der Waals surface area contributed by atoms with Gasteiger partial charge in [-0.3, -0.25) is 9.69 Å². The van der Waals surface area contributed by atoms with Gasteiger partial charge in [0.15, 0.2) is 0 Å². The molecule has 0 radical (unpaired) electrons. The van der Waals surface area contributed by atoms with Gasteiger partial charge in [-0.2, -0.15) is 0 Å². The van der Waals surface area contributed by atoms with Crippen molar-refractivity contribution in [3.8, 4) is 0 Å². The summed E-state index contributed by atoms with van der Waals surface area (Å²) in [7, 11) is 0. The zero-order valence-electron chi connectivity index (χ0n) is 11.1. The Labute approximate surface area is 112 Å². The molecular weight excluding hydrogens is 240 g/mol. The van der Waals surface area contributed by atoms with Crippen molar-refractivity contribution in [2.45, 2.75) is 13.5 Å². The fraction of sp³-hybridized carbons (Fsp3) is 0.429. The van der Waals surface area contributed by atoms with Gasteiger partial charge in [-0.05, 0) is 12.1 Å². The highest BCUT2D eigenvalue weighted by molar-refractivity contribution is 5.73. The summed E-state index contributed by atoms with van der Waals surface area (Å²) in [6.07, 6.45) is 3.98. The van der Waals surface area contributed by atoms with Crippen LogP contribution in [-0.4, -0.2) is 51.3 Å². The zero-order chi connectivity index (χ0) is 13.2. The zero-order valence-corrected chi connectivity index (χ0v) is 11.1. The summed E-state index contributed by atoms with van der Waals surface area (Å²) in [6, 6.07) is 6.03. The Morgan fingerprint density at radius 2 is 2.05 bits per heavy atom. The lowest BCUT2D eigenvalue weighted by molar-refractivity contribution is -0.130. The first kappa shape index (κ1) is 12.2. The molecule has 0 N–H and O–H groups in total. The first-order chi connectivity index (χ1) is 9.24. The van der Waals surface area contributed by atoms with Gasteiger partial charge < -0.3 is 9.30 Å². The summed E-state index contributed by atoms with van der Waals surface area (Å²) >= 11 is 0. The average Bonchev–Trinajstić information content (AvgIpc) is 2.83. The second kappa shape index (κ2) is 5.01. The fourth-order valence-corrected chi connectivity index (χ4v) is 2.55. The summed E-state index contributed by atoms with van der Waals surface area (Å²) in [6.45, 7) is 6.04. The normalized spacial score (nSPS) is 17.0. The minimum Gasteiger partial charge on any atom is -0.340 e. The maximum Gasteiger partial charge on any atom is 0.219 e. The molecule has 0 atom stereocenters. The van der Waals surface area contributed by atoms with Crippen molar-refractivity contribution < 1.29 is 4.79 Å². The standard InChI is InChI=1S/C14H18N4O/c1-12(19)17-8-6-16(7-9-17)11-13-10-15-14-4-2-3-5-18(13)14/h2-5,10H,6-9,11H2,1H3. The molecule has 100 valence electrons. The van der Waals surface area contributed by atoms with Crippen molar-refractivity contribution in [1.82, 2.24) is 19.2 Å². The second-order valence-corrected chi connectivity index (χ2v) is 4.96. The van der Waals surface area contributed by atoms with E-state index < -0.39 is 0 Å². The predicted octanol–water partition coefficient (Wildman–Crippen LogP) is 0.998. The van der Waals surface area contributed by atoms with E-state index in [2.05, 4.69) is 14.3 Å². The number of piperazine rings is 1. The molecular formula is C14H18N4O. The van der Waals surface area contributed by atoms with E-state index in [0.717, 1.165) is 38.4 Å². The molecule has 5 nitrogen and oxygen atoms in total. The first-order valence-corrected chi connectivity index (χ1v) is 6.63. The third-order valence-corrected chi connectivity index (χ3v) is 3.70. The van der Waals surface area contributed by atoms with Gasteiger partial charge in [0, 0.05) is 45.8 Å². The highest BCUT2D eigenvalue weighted by atomic mass is 16.2. The Morgan fingerprint density at radius 3 is 2.79 bits per heavy atom. The van der Waals surface area contributed by atoms with Crippen LogP contribution >= 0.6 is 0 Å². The molecule has 5 heteroatoms. The molecule has 1 aliphatic rings. The molecule has 1 aliphatic heterocycles. The molecule has 1 amide bonds. The Bertz CT molecular complexity index is 584. The molecule has 0 spiro atoms. The lowest BCUT2D eigenvalue weighted by Crippen LogP contribution is -2.47. The molecule has 0 saturated carbocycles. The molecule has 2 aromatic heterocycles. The van der Waals surface area contributed by atoms with Gasteiger partial charge in [-0.25, -0.2) is 4.98 Å². The predicted molar refractivity (Wildman–Crippen MR) is 72.7 cm³/mol. The van der Waals surface area contributed by atoms with E-state index in [-0.39, 0.29) is 5.91 Å². The Hall–Kier alpha value is -1.88. The van der Waals surface area contributed by atoms with Crippen LogP contribution in [0.1, 0.15) is 12.6 Å². The smallest absolute Gasteiger partial charge is 0.219 e. The van der Waals surface area contributed by atoms with Gasteiger partial charge in [0.25, 0.3) is 0 Å². The molecule has 0 aromatic carbocycles. The number of amides is 1. The molecule has 3 rings (SSSR count). The van der Waals surface area contributed by atoms with Crippen molar-refractivity contribution in [2.75, 3.05) is 26.2 Å². The van der Waals surface area contributed by atoms with E-state index in [9.17, 15) is 4.79 Å². The van der Waals surface area contributed by atoms with E-state index in [1.165, 1.54) is 5.69 Å². The minimum absolute atomic E-state index is 0.175. The van der Waals surface area contributed by atoms with Crippen LogP contribution in [0, 0.1) is 0 Å². The van der Waals surface area contributed by atoms with Crippen LogP contribution < -0.4 is 0 Å². The van der Waals surface area contributed by atoms with E-state index in [0.29, 0.717) is 0 Å². The molecule has 0 bridgehead atoms. The quantitative estimate of drug-likeness (QED) is 0.807. The number of hydrogen-bond donors (Lipinski definition) is 0. The van der Waals surface area contributed by atoms with Crippen molar-refractivity contribution >= 4 is 11.6 Å². The van der Waals surface area contributed by atoms with Crippen LogP contribution in [-0.2, 0) is 11.3 Å². The van der Waals surface area contributed by atoms with E-state index in [1.807, 2.05) is 35.5 Å². The van der Waals surface area contributed by atoms with Crippen LogP contribution in [0.5, 0.6) is 0 Å². The monoisotopic (exact) mass is 258 g/mol. The van der Waals surface area contributed by atoms with Gasteiger partial charge in [-0.1, -0.05) is 6.07 Å². The number of hydrogen-bond acceptors (Lipinski definition) is 3. The summed E-state index contributed by atoms with van der Waals surface area (Å²) in [5.41, 5.74) is 2.19. The van der Waals surface area contributed by atoms with Crippen LogP contribution in [0.25, 0.3) is 5.65 Å². The molecule has 1 fully saturated rings. The maximum absolute atomic E-state index is 11.3. The van der Waals surface area contributed by atoms with Gasteiger partial charge in [0.1, 0.15) is 5.65 Å². The molecule has 1 saturated heterocycles. The highest BCUT2D eigenvalue weighted by Crippen LogP contribution is 2.11. The Kier molecular flexibility index (Phi) is 3.21. The molecule has 0 aliphatic carbocycles. The van der Waals surface area contributed by atoms with Crippen LogP contribution in [0.15, 0.2) is 30.6 Å². The van der Waals surface area contributed by atoms with Crippen LogP contribution in [0.2, 0.25) is 0 Å². The van der Waals surface area contributed by atoms with E-state index in [4.69, 9.17) is 0 Å². The SMILES string of the molecule is CC(=O)N1CCN(Cc2cnc3ccccn23)CC1. The maximum atomic E-state index is 11.3. The number of carbonyl (C=O) groups is 1. The number of pyridine rings is 1. The summed E-state index contributed by atoms with van der Waals surface area (Å²) in [5, 5.41) is 0. The van der Waals surface area contributed by atoms with E-state index >= 15 is 0 Å². The largest absolute Gasteiger partial charge is 0.340 e. The number of rotatable bonds is 2. The topological polar surface area (TPSA) is 40.9 Å². The number of fused-ring (bicyclic) bond motifs is 1. The Morgan fingerprint density at radius 1 is 1.26 bits per heavy atom. The van der Waals surface area contributed by atoms with Crippen molar-refractivity contribution in [3.05, 3.63) is 36.3 Å². The number of nitrogens with zero attached hydrogens (tertiary/aromatic N) is 4. The average molecular weight is 258 g/mol. The van der Waals surface area contributed by atoms with Crippen LogP contribution in [0.4, 0.5) is 0 Å². The first-order valence-electron chi connectivity index (χ1n) is 6.63. The van der Waals surface area contributed by atoms with E-state index in [1.54, 1.807) is 6.92 Å². The number of imidazole rings is 1. The molecule has 0 unspecified atom stereocenters. The van der Waals surface area contributed by atoms with Crippen molar-refractivity contribution in [3.63, 3.8) is 0 Å². The van der Waals surface area contributed by atoms with Crippen LogP contribution in [0.3, 0.4) is 0 Å². The van der Waals surface area contributed by atoms with Gasteiger partial charge in [0.2, 0.25) is 5.91 Å². The lowest BCUT2D eigenvalue weighted by atomic mass is 10.3. The van der Waals surface area contributed by atoms with Crippen molar-refractivity contribution in [2.24, 2.45) is 0 Å². The third-order valence-electron chi connectivity index (χ3n) is 3.70. The molecule has 19 heavy (non-hydrogen) atoms. The minimum atomic E-state index is 0.175. The number of aromatic nitrogens is 2. The molecule has 2 aromatic rings.